The Morgan fingerprint density at radius 2 is 2.05 bits per heavy atom. The predicted octanol–water partition coefficient (Wildman–Crippen LogP) is 1.66. The normalized spacial score (nSPS) is 22.3. The lowest BCUT2D eigenvalue weighted by molar-refractivity contribution is -0.152. The van der Waals surface area contributed by atoms with Gasteiger partial charge in [-0.05, 0) is 42.0 Å². The Morgan fingerprint density at radius 3 is 2.68 bits per heavy atom. The molecule has 0 spiro atoms. The molecule has 3 rings (SSSR count). The molecule has 0 atom stereocenters. The first kappa shape index (κ1) is 12.6. The summed E-state index contributed by atoms with van der Waals surface area (Å²) in [5.74, 6) is 0.866. The molecule has 0 bridgehead atoms. The summed E-state index contributed by atoms with van der Waals surface area (Å²) < 4.78 is 1.73. The van der Waals surface area contributed by atoms with E-state index in [9.17, 15) is 9.90 Å². The maximum atomic E-state index is 11.7. The van der Waals surface area contributed by atoms with Crippen LogP contribution in [0.15, 0.2) is 0 Å². The van der Waals surface area contributed by atoms with Gasteiger partial charge in [-0.25, -0.2) is 4.68 Å². The molecule has 2 aliphatic carbocycles. The van der Waals surface area contributed by atoms with Crippen LogP contribution in [0.25, 0.3) is 0 Å². The number of hydrogen-bond donors (Lipinski definition) is 1. The van der Waals surface area contributed by atoms with Crippen LogP contribution in [0.5, 0.6) is 0 Å². The van der Waals surface area contributed by atoms with Crippen molar-refractivity contribution >= 4 is 5.97 Å². The van der Waals surface area contributed by atoms with E-state index in [0.717, 1.165) is 44.3 Å². The van der Waals surface area contributed by atoms with E-state index in [2.05, 4.69) is 15.5 Å². The summed E-state index contributed by atoms with van der Waals surface area (Å²) in [6.45, 7) is 0.428. The van der Waals surface area contributed by atoms with E-state index in [4.69, 9.17) is 0 Å². The molecule has 6 nitrogen and oxygen atoms in total. The molecule has 2 aliphatic rings. The van der Waals surface area contributed by atoms with E-state index in [1.807, 2.05) is 0 Å². The number of rotatable bonds is 5. The van der Waals surface area contributed by atoms with E-state index in [0.29, 0.717) is 12.5 Å². The number of aromatic nitrogens is 4. The average molecular weight is 264 g/mol. The van der Waals surface area contributed by atoms with E-state index in [1.165, 1.54) is 12.8 Å². The van der Waals surface area contributed by atoms with Crippen LogP contribution in [0.4, 0.5) is 0 Å². The van der Waals surface area contributed by atoms with Gasteiger partial charge in [-0.3, -0.25) is 4.79 Å². The number of aliphatic carboxylic acids is 1. The Hall–Kier alpha value is -1.46. The van der Waals surface area contributed by atoms with Gasteiger partial charge in [0.15, 0.2) is 5.82 Å². The van der Waals surface area contributed by atoms with Gasteiger partial charge in [-0.15, -0.1) is 5.10 Å². The van der Waals surface area contributed by atoms with Gasteiger partial charge in [0.2, 0.25) is 0 Å². The SMILES string of the molecule is O=C(O)C1(Cn2nnnc2CC2CC2)CCCCC1. The molecule has 6 heteroatoms. The lowest BCUT2D eigenvalue weighted by atomic mass is 9.74. The minimum absolute atomic E-state index is 0.428. The molecule has 19 heavy (non-hydrogen) atoms. The van der Waals surface area contributed by atoms with Crippen molar-refractivity contribution in [1.82, 2.24) is 20.2 Å². The zero-order valence-electron chi connectivity index (χ0n) is 11.1. The minimum atomic E-state index is -0.694. The van der Waals surface area contributed by atoms with Gasteiger partial charge < -0.3 is 5.11 Å². The van der Waals surface area contributed by atoms with Crippen molar-refractivity contribution in [2.45, 2.75) is 57.9 Å². The zero-order chi connectivity index (χ0) is 13.3. The van der Waals surface area contributed by atoms with E-state index in [-0.39, 0.29) is 0 Å². The average Bonchev–Trinajstić information content (AvgIpc) is 3.12. The van der Waals surface area contributed by atoms with Gasteiger partial charge in [0.25, 0.3) is 0 Å². The van der Waals surface area contributed by atoms with Crippen molar-refractivity contribution in [2.75, 3.05) is 0 Å². The first-order valence-electron chi connectivity index (χ1n) is 7.18. The zero-order valence-corrected chi connectivity index (χ0v) is 11.1. The number of carboxylic acids is 1. The van der Waals surface area contributed by atoms with Crippen molar-refractivity contribution < 1.29 is 9.90 Å². The van der Waals surface area contributed by atoms with Gasteiger partial charge in [0.1, 0.15) is 0 Å². The smallest absolute Gasteiger partial charge is 0.311 e. The molecule has 1 heterocycles. The third kappa shape index (κ3) is 2.62. The molecule has 2 saturated carbocycles. The van der Waals surface area contributed by atoms with Crippen LogP contribution in [-0.4, -0.2) is 31.3 Å². The van der Waals surface area contributed by atoms with Crippen LogP contribution in [-0.2, 0) is 17.8 Å². The second-order valence-electron chi connectivity index (χ2n) is 6.05. The molecule has 1 N–H and O–H groups in total. The molecule has 0 unspecified atom stereocenters. The Morgan fingerprint density at radius 1 is 1.32 bits per heavy atom. The lowest BCUT2D eigenvalue weighted by Crippen LogP contribution is -2.38. The van der Waals surface area contributed by atoms with Gasteiger partial charge >= 0.3 is 5.97 Å². The molecule has 2 fully saturated rings. The second-order valence-corrected chi connectivity index (χ2v) is 6.05. The molecule has 0 radical (unpaired) electrons. The fourth-order valence-electron chi connectivity index (χ4n) is 3.03. The first-order chi connectivity index (χ1) is 9.20. The highest BCUT2D eigenvalue weighted by atomic mass is 16.4. The molecular weight excluding hydrogens is 244 g/mol. The fraction of sp³-hybridized carbons (Fsp3) is 0.846. The lowest BCUT2D eigenvalue weighted by Gasteiger charge is -2.32. The topological polar surface area (TPSA) is 80.9 Å². The van der Waals surface area contributed by atoms with Gasteiger partial charge in [0, 0.05) is 6.42 Å². The van der Waals surface area contributed by atoms with Crippen LogP contribution in [0.1, 0.15) is 50.8 Å². The van der Waals surface area contributed by atoms with Crippen LogP contribution in [0.2, 0.25) is 0 Å². The highest BCUT2D eigenvalue weighted by molar-refractivity contribution is 5.74. The summed E-state index contributed by atoms with van der Waals surface area (Å²) >= 11 is 0. The van der Waals surface area contributed by atoms with Crippen molar-refractivity contribution in [2.24, 2.45) is 11.3 Å². The van der Waals surface area contributed by atoms with Crippen LogP contribution in [0, 0.1) is 11.3 Å². The molecule has 0 saturated heterocycles. The number of carbonyl (C=O) groups is 1. The molecule has 0 amide bonds. The number of nitrogens with zero attached hydrogens (tertiary/aromatic N) is 4. The quantitative estimate of drug-likeness (QED) is 0.874. The molecule has 1 aromatic heterocycles. The monoisotopic (exact) mass is 264 g/mol. The highest BCUT2D eigenvalue weighted by Crippen LogP contribution is 2.38. The van der Waals surface area contributed by atoms with Crippen molar-refractivity contribution in [3.63, 3.8) is 0 Å². The third-order valence-corrected chi connectivity index (χ3v) is 4.49. The summed E-state index contributed by atoms with van der Waals surface area (Å²) in [5, 5.41) is 21.4. The van der Waals surface area contributed by atoms with E-state index in [1.54, 1.807) is 4.68 Å². The Kier molecular flexibility index (Phi) is 3.24. The summed E-state index contributed by atoms with van der Waals surface area (Å²) in [6, 6.07) is 0. The summed E-state index contributed by atoms with van der Waals surface area (Å²) in [5.41, 5.74) is -0.661. The largest absolute Gasteiger partial charge is 0.481 e. The maximum Gasteiger partial charge on any atom is 0.311 e. The molecule has 104 valence electrons. The summed E-state index contributed by atoms with van der Waals surface area (Å²) in [6.07, 6.45) is 7.99. The van der Waals surface area contributed by atoms with Gasteiger partial charge in [-0.1, -0.05) is 19.3 Å². The minimum Gasteiger partial charge on any atom is -0.481 e. The van der Waals surface area contributed by atoms with E-state index >= 15 is 0 Å². The predicted molar refractivity (Wildman–Crippen MR) is 67.4 cm³/mol. The van der Waals surface area contributed by atoms with E-state index < -0.39 is 11.4 Å². The summed E-state index contributed by atoms with van der Waals surface area (Å²) in [7, 11) is 0. The van der Waals surface area contributed by atoms with Crippen molar-refractivity contribution in [1.29, 1.82) is 0 Å². The van der Waals surface area contributed by atoms with Crippen molar-refractivity contribution in [3.05, 3.63) is 5.82 Å². The molecule has 1 aromatic rings. The Bertz CT molecular complexity index is 461. The molecule has 0 aromatic carbocycles. The molecule has 0 aliphatic heterocycles. The Balaban J connectivity index is 1.77. The summed E-state index contributed by atoms with van der Waals surface area (Å²) in [4.78, 5) is 11.7. The molecular formula is C13H20N4O2. The van der Waals surface area contributed by atoms with Gasteiger partial charge in [-0.2, -0.15) is 0 Å². The third-order valence-electron chi connectivity index (χ3n) is 4.49. The maximum absolute atomic E-state index is 11.7. The van der Waals surface area contributed by atoms with Gasteiger partial charge in [0.05, 0.1) is 12.0 Å². The highest BCUT2D eigenvalue weighted by Gasteiger charge is 2.41. The van der Waals surface area contributed by atoms with Crippen molar-refractivity contribution in [3.8, 4) is 0 Å². The number of hydrogen-bond acceptors (Lipinski definition) is 4. The number of tetrazole rings is 1. The first-order valence-corrected chi connectivity index (χ1v) is 7.18. The van der Waals surface area contributed by atoms with Crippen LogP contribution in [0.3, 0.4) is 0 Å². The number of carboxylic acid groups (broad SMARTS) is 1. The standard InChI is InChI=1S/C13H20N4O2/c18-12(19)13(6-2-1-3-7-13)9-17-11(14-15-16-17)8-10-4-5-10/h10H,1-9H2,(H,18,19). The Labute approximate surface area is 112 Å². The fourth-order valence-corrected chi connectivity index (χ4v) is 3.03. The second kappa shape index (κ2) is 4.90. The van der Waals surface area contributed by atoms with Crippen LogP contribution < -0.4 is 0 Å². The van der Waals surface area contributed by atoms with Crippen LogP contribution >= 0.6 is 0 Å².